The van der Waals surface area contributed by atoms with Gasteiger partial charge in [0.15, 0.2) is 0 Å². The highest BCUT2D eigenvalue weighted by molar-refractivity contribution is 5.83. The summed E-state index contributed by atoms with van der Waals surface area (Å²) < 4.78 is 11.6. The molecule has 0 radical (unpaired) electrons. The molecule has 0 saturated heterocycles. The normalized spacial score (nSPS) is 26.1. The fraction of sp³-hybridized carbons (Fsp3) is 0.652. The van der Waals surface area contributed by atoms with Crippen molar-refractivity contribution < 1.29 is 14.6 Å². The van der Waals surface area contributed by atoms with Crippen LogP contribution in [-0.4, -0.2) is 25.9 Å². The fourth-order valence-corrected chi connectivity index (χ4v) is 5.22. The number of fused-ring (bicyclic) bond motifs is 2. The molecule has 26 heavy (non-hydrogen) atoms. The topological polar surface area (TPSA) is 38.7 Å². The van der Waals surface area contributed by atoms with Crippen molar-refractivity contribution in [1.82, 2.24) is 0 Å². The predicted molar refractivity (Wildman–Crippen MR) is 107 cm³/mol. The van der Waals surface area contributed by atoms with Gasteiger partial charge in [-0.05, 0) is 60.3 Å². The summed E-state index contributed by atoms with van der Waals surface area (Å²) in [7, 11) is 3.47. The van der Waals surface area contributed by atoms with E-state index in [-0.39, 0.29) is 17.4 Å². The molecule has 0 spiro atoms. The van der Waals surface area contributed by atoms with E-state index in [1.165, 1.54) is 30.4 Å². The minimum Gasteiger partial charge on any atom is -0.496 e. The fourth-order valence-electron chi connectivity index (χ4n) is 5.22. The number of rotatable bonds is 8. The third kappa shape index (κ3) is 2.76. The molecule has 0 aliphatic heterocycles. The Balaban J connectivity index is 2.06. The van der Waals surface area contributed by atoms with Crippen molar-refractivity contribution in [2.45, 2.75) is 59.3 Å². The number of unbranched alkanes of at least 4 members (excludes halogenated alkanes) is 2. The Labute approximate surface area is 158 Å². The summed E-state index contributed by atoms with van der Waals surface area (Å²) in [6, 6.07) is 4.33. The van der Waals surface area contributed by atoms with Gasteiger partial charge in [-0.1, -0.05) is 39.7 Å². The van der Waals surface area contributed by atoms with Crippen molar-refractivity contribution in [1.29, 1.82) is 0 Å². The second kappa shape index (κ2) is 7.26. The summed E-state index contributed by atoms with van der Waals surface area (Å²) in [5.74, 6) is 2.25. The van der Waals surface area contributed by atoms with E-state index in [4.69, 9.17) is 9.47 Å². The Hall–Kier alpha value is -1.48. The van der Waals surface area contributed by atoms with E-state index in [0.717, 1.165) is 36.3 Å². The van der Waals surface area contributed by atoms with Gasteiger partial charge in [-0.25, -0.2) is 0 Å². The lowest BCUT2D eigenvalue weighted by Crippen LogP contribution is -2.36. The molecule has 1 aromatic rings. The highest BCUT2D eigenvalue weighted by atomic mass is 16.5. The number of aliphatic hydroxyl groups is 1. The second-order valence-electron chi connectivity index (χ2n) is 8.52. The monoisotopic (exact) mass is 358 g/mol. The van der Waals surface area contributed by atoms with Gasteiger partial charge in [0.25, 0.3) is 0 Å². The lowest BCUT2D eigenvalue weighted by Gasteiger charge is -2.40. The summed E-state index contributed by atoms with van der Waals surface area (Å²) >= 11 is 0. The van der Waals surface area contributed by atoms with Gasteiger partial charge in [0.05, 0.1) is 26.4 Å². The number of hydrogen-bond acceptors (Lipinski definition) is 3. The number of benzene rings is 1. The number of allylic oxidation sites excluding steroid dienone is 1. The number of aliphatic hydroxyl groups excluding tert-OH is 1. The number of hydrogen-bond donors (Lipinski definition) is 1. The van der Waals surface area contributed by atoms with Gasteiger partial charge < -0.3 is 14.6 Å². The largest absolute Gasteiger partial charge is 0.496 e. The summed E-state index contributed by atoms with van der Waals surface area (Å²) in [6.07, 6.45) is 9.22. The third-order valence-electron chi connectivity index (χ3n) is 7.10. The Morgan fingerprint density at radius 1 is 1.12 bits per heavy atom. The van der Waals surface area contributed by atoms with E-state index in [2.05, 4.69) is 39.0 Å². The zero-order valence-electron chi connectivity index (χ0n) is 17.0. The minimum atomic E-state index is -0.206. The van der Waals surface area contributed by atoms with Crippen LogP contribution in [-0.2, 0) is 6.42 Å². The van der Waals surface area contributed by atoms with Crippen LogP contribution in [0.25, 0.3) is 5.57 Å². The Morgan fingerprint density at radius 3 is 2.27 bits per heavy atom. The summed E-state index contributed by atoms with van der Waals surface area (Å²) in [5.41, 5.74) is 3.38. The van der Waals surface area contributed by atoms with Gasteiger partial charge in [-0.3, -0.25) is 0 Å². The van der Waals surface area contributed by atoms with E-state index in [1.807, 2.05) is 0 Å². The van der Waals surface area contributed by atoms with Crippen molar-refractivity contribution in [3.63, 3.8) is 0 Å². The SMILES string of the molecule is CCCCCc1cc(OC)c(C2=CC3CCC2(CO)C3(C)C)c(OC)c1. The van der Waals surface area contributed by atoms with E-state index in [0.29, 0.717) is 5.92 Å². The molecule has 0 aromatic heterocycles. The maximum atomic E-state index is 10.4. The molecule has 3 heteroatoms. The minimum absolute atomic E-state index is 0.0624. The first-order valence-electron chi connectivity index (χ1n) is 10.0. The average Bonchev–Trinajstić information content (AvgIpc) is 3.03. The number of aryl methyl sites for hydroxylation is 1. The van der Waals surface area contributed by atoms with Crippen LogP contribution in [0, 0.1) is 16.7 Å². The quantitative estimate of drug-likeness (QED) is 0.645. The van der Waals surface area contributed by atoms with Crippen molar-refractivity contribution >= 4 is 5.57 Å². The molecule has 2 unspecified atom stereocenters. The molecule has 3 nitrogen and oxygen atoms in total. The molecular formula is C23H34O3. The molecule has 1 aromatic carbocycles. The zero-order chi connectivity index (χ0) is 18.9. The molecule has 1 fully saturated rings. The first-order chi connectivity index (χ1) is 12.4. The van der Waals surface area contributed by atoms with Crippen molar-refractivity contribution in [2.24, 2.45) is 16.7 Å². The first kappa shape index (κ1) is 19.3. The van der Waals surface area contributed by atoms with Crippen LogP contribution in [0.1, 0.15) is 64.0 Å². The molecular weight excluding hydrogens is 324 g/mol. The maximum Gasteiger partial charge on any atom is 0.130 e. The molecule has 3 rings (SSSR count). The van der Waals surface area contributed by atoms with Crippen LogP contribution in [0.5, 0.6) is 11.5 Å². The summed E-state index contributed by atoms with van der Waals surface area (Å²) in [5, 5.41) is 10.4. The maximum absolute atomic E-state index is 10.4. The van der Waals surface area contributed by atoms with Gasteiger partial charge >= 0.3 is 0 Å². The molecule has 2 atom stereocenters. The third-order valence-corrected chi connectivity index (χ3v) is 7.10. The van der Waals surface area contributed by atoms with Gasteiger partial charge in [-0.15, -0.1) is 0 Å². The summed E-state index contributed by atoms with van der Waals surface area (Å²) in [4.78, 5) is 0. The van der Waals surface area contributed by atoms with Gasteiger partial charge in [0, 0.05) is 5.41 Å². The van der Waals surface area contributed by atoms with Gasteiger partial charge in [0.1, 0.15) is 11.5 Å². The summed E-state index contributed by atoms with van der Waals surface area (Å²) in [6.45, 7) is 6.99. The Morgan fingerprint density at radius 2 is 1.77 bits per heavy atom. The Bertz CT molecular complexity index is 664. The zero-order valence-corrected chi connectivity index (χ0v) is 17.0. The van der Waals surface area contributed by atoms with E-state index in [9.17, 15) is 5.11 Å². The predicted octanol–water partition coefficient (Wildman–Crippen LogP) is 5.25. The Kier molecular flexibility index (Phi) is 5.39. The van der Waals surface area contributed by atoms with Crippen LogP contribution in [0.2, 0.25) is 0 Å². The highest BCUT2D eigenvalue weighted by Gasteiger charge is 2.60. The molecule has 2 aliphatic carbocycles. The average molecular weight is 359 g/mol. The van der Waals surface area contributed by atoms with Crippen LogP contribution < -0.4 is 9.47 Å². The van der Waals surface area contributed by atoms with Crippen molar-refractivity contribution in [2.75, 3.05) is 20.8 Å². The molecule has 1 N–H and O–H groups in total. The molecule has 144 valence electrons. The van der Waals surface area contributed by atoms with Gasteiger partial charge in [0.2, 0.25) is 0 Å². The smallest absolute Gasteiger partial charge is 0.130 e. The van der Waals surface area contributed by atoms with E-state index >= 15 is 0 Å². The molecule has 0 heterocycles. The standard InChI is InChI=1S/C23H34O3/c1-6-7-8-9-16-12-19(25-4)21(20(13-16)26-5)18-14-17-10-11-23(18,15-24)22(17,2)3/h12-14,17,24H,6-11,15H2,1-5H3. The first-order valence-corrected chi connectivity index (χ1v) is 10.0. The highest BCUT2D eigenvalue weighted by Crippen LogP contribution is 2.68. The van der Waals surface area contributed by atoms with Crippen molar-refractivity contribution in [3.05, 3.63) is 29.3 Å². The van der Waals surface area contributed by atoms with Crippen LogP contribution in [0.15, 0.2) is 18.2 Å². The van der Waals surface area contributed by atoms with Crippen LogP contribution in [0.3, 0.4) is 0 Å². The lowest BCUT2D eigenvalue weighted by molar-refractivity contribution is 0.0828. The van der Waals surface area contributed by atoms with Gasteiger partial charge in [-0.2, -0.15) is 0 Å². The number of methoxy groups -OCH3 is 2. The second-order valence-corrected chi connectivity index (χ2v) is 8.52. The molecule has 2 bridgehead atoms. The van der Waals surface area contributed by atoms with E-state index < -0.39 is 0 Å². The molecule has 1 saturated carbocycles. The lowest BCUT2D eigenvalue weighted by atomic mass is 9.65. The van der Waals surface area contributed by atoms with Crippen LogP contribution in [0.4, 0.5) is 0 Å². The number of ether oxygens (including phenoxy) is 2. The van der Waals surface area contributed by atoms with Crippen LogP contribution >= 0.6 is 0 Å². The molecule has 0 amide bonds. The molecule has 2 aliphatic rings. The van der Waals surface area contributed by atoms with Crippen molar-refractivity contribution in [3.8, 4) is 11.5 Å². The van der Waals surface area contributed by atoms with E-state index in [1.54, 1.807) is 14.2 Å².